The molecule has 2 aliphatic rings. The minimum absolute atomic E-state index is 0.0702. The average molecular weight is 399 g/mol. The second kappa shape index (κ2) is 12.9. The number of carboxylic acid groups (broad SMARTS) is 2. The van der Waals surface area contributed by atoms with Crippen molar-refractivity contribution in [3.63, 3.8) is 0 Å². The molecule has 0 aromatic rings. The first-order valence-electron chi connectivity index (χ1n) is 10.4. The van der Waals surface area contributed by atoms with Crippen LogP contribution in [-0.4, -0.2) is 97.6 Å². The Morgan fingerprint density at radius 1 is 0.643 bits per heavy atom. The summed E-state index contributed by atoms with van der Waals surface area (Å²) in [4.78, 5) is 27.9. The van der Waals surface area contributed by atoms with Gasteiger partial charge < -0.3 is 19.7 Å². The van der Waals surface area contributed by atoms with Crippen LogP contribution in [0.2, 0.25) is 0 Å². The van der Waals surface area contributed by atoms with Crippen molar-refractivity contribution in [3.8, 4) is 0 Å². The maximum absolute atomic E-state index is 11.7. The maximum Gasteiger partial charge on any atom is 0.332 e. The standard InChI is InChI=1S/C20H34N2O6/c23-19(24)17(5-1-3-7-21-9-13-27-14-10-21)18(20(25)26)6-2-4-8-22-11-15-28-16-12-22/h1-16H2,(H,23,24)(H,25,26). The molecule has 0 unspecified atom stereocenters. The van der Waals surface area contributed by atoms with E-state index in [4.69, 9.17) is 9.47 Å². The Balaban J connectivity index is 1.77. The lowest BCUT2D eigenvalue weighted by Gasteiger charge is -2.26. The Bertz CT molecular complexity index is 479. The summed E-state index contributed by atoms with van der Waals surface area (Å²) in [5.41, 5.74) is 0.140. The zero-order chi connectivity index (χ0) is 20.2. The molecule has 28 heavy (non-hydrogen) atoms. The molecule has 2 N–H and O–H groups in total. The van der Waals surface area contributed by atoms with Gasteiger partial charge in [0.1, 0.15) is 0 Å². The van der Waals surface area contributed by atoms with Gasteiger partial charge in [0.2, 0.25) is 0 Å². The van der Waals surface area contributed by atoms with E-state index in [9.17, 15) is 19.8 Å². The molecule has 0 atom stereocenters. The number of morpholine rings is 2. The summed E-state index contributed by atoms with van der Waals surface area (Å²) in [6, 6.07) is 0. The van der Waals surface area contributed by atoms with Crippen molar-refractivity contribution < 1.29 is 29.3 Å². The fraction of sp³-hybridized carbons (Fsp3) is 0.800. The van der Waals surface area contributed by atoms with E-state index < -0.39 is 11.9 Å². The third-order valence-corrected chi connectivity index (χ3v) is 5.39. The monoisotopic (exact) mass is 398 g/mol. The molecule has 160 valence electrons. The number of unbranched alkanes of at least 4 members (excludes halogenated alkanes) is 2. The van der Waals surface area contributed by atoms with E-state index in [0.29, 0.717) is 25.7 Å². The summed E-state index contributed by atoms with van der Waals surface area (Å²) in [7, 11) is 0. The lowest BCUT2D eigenvalue weighted by atomic mass is 9.97. The van der Waals surface area contributed by atoms with Crippen molar-refractivity contribution >= 4 is 11.9 Å². The first-order valence-corrected chi connectivity index (χ1v) is 10.4. The Morgan fingerprint density at radius 3 is 1.32 bits per heavy atom. The van der Waals surface area contributed by atoms with E-state index in [-0.39, 0.29) is 11.1 Å². The van der Waals surface area contributed by atoms with Crippen molar-refractivity contribution in [2.75, 3.05) is 65.7 Å². The van der Waals surface area contributed by atoms with Gasteiger partial charge in [0.15, 0.2) is 0 Å². The van der Waals surface area contributed by atoms with Gasteiger partial charge in [0.05, 0.1) is 26.4 Å². The van der Waals surface area contributed by atoms with Crippen LogP contribution in [0, 0.1) is 0 Å². The maximum atomic E-state index is 11.7. The molecule has 0 saturated carbocycles. The van der Waals surface area contributed by atoms with Gasteiger partial charge in [0.25, 0.3) is 0 Å². The van der Waals surface area contributed by atoms with Crippen molar-refractivity contribution in [2.45, 2.75) is 38.5 Å². The average Bonchev–Trinajstić information content (AvgIpc) is 2.70. The fourth-order valence-corrected chi connectivity index (χ4v) is 3.70. The van der Waals surface area contributed by atoms with Gasteiger partial charge in [-0.1, -0.05) is 0 Å². The lowest BCUT2D eigenvalue weighted by molar-refractivity contribution is -0.136. The smallest absolute Gasteiger partial charge is 0.332 e. The number of carboxylic acids is 2. The van der Waals surface area contributed by atoms with Gasteiger partial charge >= 0.3 is 11.9 Å². The number of aliphatic carboxylic acids is 2. The van der Waals surface area contributed by atoms with Crippen molar-refractivity contribution in [1.82, 2.24) is 9.80 Å². The van der Waals surface area contributed by atoms with Crippen molar-refractivity contribution in [2.24, 2.45) is 0 Å². The molecule has 2 heterocycles. The minimum atomic E-state index is -1.10. The molecular weight excluding hydrogens is 364 g/mol. The predicted octanol–water partition coefficient (Wildman–Crippen LogP) is 1.46. The van der Waals surface area contributed by atoms with Crippen molar-refractivity contribution in [3.05, 3.63) is 11.1 Å². The molecule has 0 radical (unpaired) electrons. The van der Waals surface area contributed by atoms with Crippen LogP contribution < -0.4 is 0 Å². The lowest BCUT2D eigenvalue weighted by Crippen LogP contribution is -2.36. The van der Waals surface area contributed by atoms with Crippen LogP contribution in [0.25, 0.3) is 0 Å². The van der Waals surface area contributed by atoms with Gasteiger partial charge in [-0.05, 0) is 51.6 Å². The molecule has 8 nitrogen and oxygen atoms in total. The van der Waals surface area contributed by atoms with Crippen LogP contribution in [0.5, 0.6) is 0 Å². The zero-order valence-corrected chi connectivity index (χ0v) is 16.7. The van der Waals surface area contributed by atoms with Crippen molar-refractivity contribution in [1.29, 1.82) is 0 Å². The summed E-state index contributed by atoms with van der Waals surface area (Å²) in [6.07, 6.45) is 3.71. The number of ether oxygens (including phenoxy) is 2. The summed E-state index contributed by atoms with van der Waals surface area (Å²) in [6.45, 7) is 8.41. The number of nitrogens with zero attached hydrogens (tertiary/aromatic N) is 2. The molecule has 0 bridgehead atoms. The Labute approximate surface area is 167 Å². The molecule has 0 aromatic carbocycles. The molecule has 0 amide bonds. The molecule has 2 saturated heterocycles. The van der Waals surface area contributed by atoms with Crippen LogP contribution in [0.1, 0.15) is 38.5 Å². The Kier molecular flexibility index (Phi) is 10.5. The van der Waals surface area contributed by atoms with Crippen LogP contribution in [0.3, 0.4) is 0 Å². The summed E-state index contributed by atoms with van der Waals surface area (Å²) < 4.78 is 10.6. The second-order valence-electron chi connectivity index (χ2n) is 7.39. The van der Waals surface area contributed by atoms with Gasteiger partial charge in [-0.15, -0.1) is 0 Å². The molecule has 0 aromatic heterocycles. The van der Waals surface area contributed by atoms with Gasteiger partial charge in [0, 0.05) is 37.3 Å². The third-order valence-electron chi connectivity index (χ3n) is 5.39. The summed E-state index contributed by atoms with van der Waals surface area (Å²) in [5, 5.41) is 19.1. The molecule has 2 rings (SSSR count). The molecule has 2 fully saturated rings. The molecule has 0 spiro atoms. The second-order valence-corrected chi connectivity index (χ2v) is 7.39. The summed E-state index contributed by atoms with van der Waals surface area (Å²) >= 11 is 0. The first kappa shape index (κ1) is 22.8. The highest BCUT2D eigenvalue weighted by Gasteiger charge is 2.20. The van der Waals surface area contributed by atoms with E-state index in [1.54, 1.807) is 0 Å². The highest BCUT2D eigenvalue weighted by atomic mass is 16.5. The van der Waals surface area contributed by atoms with E-state index >= 15 is 0 Å². The third kappa shape index (κ3) is 8.26. The Hall–Kier alpha value is -1.48. The highest BCUT2D eigenvalue weighted by molar-refractivity contribution is 5.98. The Morgan fingerprint density at radius 2 is 1.00 bits per heavy atom. The number of hydrogen-bond acceptors (Lipinski definition) is 6. The normalized spacial score (nSPS) is 20.0. The first-order chi connectivity index (χ1) is 13.6. The van der Waals surface area contributed by atoms with E-state index in [0.717, 1.165) is 78.5 Å². The SMILES string of the molecule is O=C(O)C(CCCCN1CCOCC1)=C(CCCCN1CCOCC1)C(=O)O. The van der Waals surface area contributed by atoms with E-state index in [2.05, 4.69) is 9.80 Å². The van der Waals surface area contributed by atoms with Gasteiger partial charge in [-0.2, -0.15) is 0 Å². The fourth-order valence-electron chi connectivity index (χ4n) is 3.70. The molecular formula is C20H34N2O6. The predicted molar refractivity (Wildman–Crippen MR) is 105 cm³/mol. The topological polar surface area (TPSA) is 99.5 Å². The van der Waals surface area contributed by atoms with Crippen LogP contribution >= 0.6 is 0 Å². The van der Waals surface area contributed by atoms with Crippen LogP contribution in [0.4, 0.5) is 0 Å². The zero-order valence-electron chi connectivity index (χ0n) is 16.7. The molecule has 2 aliphatic heterocycles. The van der Waals surface area contributed by atoms with E-state index in [1.165, 1.54) is 0 Å². The summed E-state index contributed by atoms with van der Waals surface area (Å²) in [5.74, 6) is -2.20. The molecule has 8 heteroatoms. The van der Waals surface area contributed by atoms with Gasteiger partial charge in [-0.25, -0.2) is 9.59 Å². The number of carbonyl (C=O) groups is 2. The van der Waals surface area contributed by atoms with Crippen LogP contribution in [0.15, 0.2) is 11.1 Å². The number of hydrogen-bond donors (Lipinski definition) is 2. The number of rotatable bonds is 12. The van der Waals surface area contributed by atoms with Crippen LogP contribution in [-0.2, 0) is 19.1 Å². The quantitative estimate of drug-likeness (QED) is 0.376. The highest BCUT2D eigenvalue weighted by Crippen LogP contribution is 2.19. The minimum Gasteiger partial charge on any atom is -0.478 e. The van der Waals surface area contributed by atoms with E-state index in [1.807, 2.05) is 0 Å². The van der Waals surface area contributed by atoms with Gasteiger partial charge in [-0.3, -0.25) is 9.80 Å². The molecule has 0 aliphatic carbocycles. The largest absolute Gasteiger partial charge is 0.478 e.